The predicted molar refractivity (Wildman–Crippen MR) is 72.6 cm³/mol. The summed E-state index contributed by atoms with van der Waals surface area (Å²) in [6.45, 7) is 7.49. The second-order valence-corrected chi connectivity index (χ2v) is 5.62. The highest BCUT2D eigenvalue weighted by Crippen LogP contribution is 2.19. The summed E-state index contributed by atoms with van der Waals surface area (Å²) in [6.07, 6.45) is -1.15. The van der Waals surface area contributed by atoms with Crippen molar-refractivity contribution in [1.29, 1.82) is 0 Å². The van der Waals surface area contributed by atoms with Crippen LogP contribution in [0.5, 0.6) is 0 Å². The SMILES string of the molecule is CCN(CC(F)(F)F)c1ncc(CNC(C)(C)C)cn1. The van der Waals surface area contributed by atoms with Crippen molar-refractivity contribution in [3.63, 3.8) is 0 Å². The van der Waals surface area contributed by atoms with Crippen LogP contribution in [0.1, 0.15) is 33.3 Å². The molecule has 1 heterocycles. The van der Waals surface area contributed by atoms with E-state index in [0.29, 0.717) is 6.54 Å². The Morgan fingerprint density at radius 2 is 1.70 bits per heavy atom. The lowest BCUT2D eigenvalue weighted by atomic mass is 10.1. The third kappa shape index (κ3) is 6.18. The van der Waals surface area contributed by atoms with Crippen molar-refractivity contribution in [2.45, 2.75) is 46.0 Å². The zero-order valence-electron chi connectivity index (χ0n) is 12.3. The fourth-order valence-corrected chi connectivity index (χ4v) is 1.51. The minimum Gasteiger partial charge on any atom is -0.332 e. The highest BCUT2D eigenvalue weighted by molar-refractivity contribution is 5.29. The molecular formula is C13H21F3N4. The molecular weight excluding hydrogens is 269 g/mol. The maximum absolute atomic E-state index is 12.4. The van der Waals surface area contributed by atoms with E-state index in [4.69, 9.17) is 0 Å². The van der Waals surface area contributed by atoms with Crippen LogP contribution in [0.4, 0.5) is 19.1 Å². The van der Waals surface area contributed by atoms with Crippen molar-refractivity contribution in [2.24, 2.45) is 0 Å². The van der Waals surface area contributed by atoms with Crippen molar-refractivity contribution < 1.29 is 13.2 Å². The summed E-state index contributed by atoms with van der Waals surface area (Å²) in [5, 5.41) is 3.27. The van der Waals surface area contributed by atoms with Crippen molar-refractivity contribution in [1.82, 2.24) is 15.3 Å². The fourth-order valence-electron chi connectivity index (χ4n) is 1.51. The molecule has 20 heavy (non-hydrogen) atoms. The van der Waals surface area contributed by atoms with E-state index < -0.39 is 12.7 Å². The van der Waals surface area contributed by atoms with Gasteiger partial charge in [-0.15, -0.1) is 0 Å². The number of hydrogen-bond donors (Lipinski definition) is 1. The van der Waals surface area contributed by atoms with Crippen LogP contribution in [-0.4, -0.2) is 34.8 Å². The Balaban J connectivity index is 2.69. The van der Waals surface area contributed by atoms with Gasteiger partial charge in [-0.2, -0.15) is 13.2 Å². The standard InChI is InChI=1S/C13H21F3N4/c1-5-20(9-13(14,15)16)11-17-6-10(7-18-11)8-19-12(2,3)4/h6-7,19H,5,8-9H2,1-4H3. The molecule has 0 aliphatic carbocycles. The first-order valence-electron chi connectivity index (χ1n) is 6.48. The molecule has 0 saturated carbocycles. The molecule has 0 atom stereocenters. The molecule has 1 aromatic heterocycles. The largest absolute Gasteiger partial charge is 0.406 e. The summed E-state index contributed by atoms with van der Waals surface area (Å²) >= 11 is 0. The third-order valence-electron chi connectivity index (χ3n) is 2.55. The van der Waals surface area contributed by atoms with E-state index in [9.17, 15) is 13.2 Å². The van der Waals surface area contributed by atoms with Crippen LogP contribution < -0.4 is 10.2 Å². The highest BCUT2D eigenvalue weighted by Gasteiger charge is 2.31. The van der Waals surface area contributed by atoms with Gasteiger partial charge in [-0.05, 0) is 27.7 Å². The lowest BCUT2D eigenvalue weighted by Gasteiger charge is -2.23. The van der Waals surface area contributed by atoms with Gasteiger partial charge in [0.25, 0.3) is 0 Å². The first-order valence-corrected chi connectivity index (χ1v) is 6.48. The zero-order valence-corrected chi connectivity index (χ0v) is 12.3. The maximum Gasteiger partial charge on any atom is 0.406 e. The number of halogens is 3. The second kappa shape index (κ2) is 6.39. The van der Waals surface area contributed by atoms with Gasteiger partial charge in [0, 0.05) is 36.6 Å². The molecule has 7 heteroatoms. The minimum absolute atomic E-state index is 0.0373. The molecule has 0 saturated heterocycles. The fraction of sp³-hybridized carbons (Fsp3) is 0.692. The summed E-state index contributed by atoms with van der Waals surface area (Å²) in [7, 11) is 0. The van der Waals surface area contributed by atoms with E-state index in [1.807, 2.05) is 20.8 Å². The van der Waals surface area contributed by atoms with Gasteiger partial charge in [0.15, 0.2) is 0 Å². The number of nitrogens with one attached hydrogen (secondary N) is 1. The van der Waals surface area contributed by atoms with E-state index in [1.54, 1.807) is 19.3 Å². The van der Waals surface area contributed by atoms with Crippen LogP contribution in [0.15, 0.2) is 12.4 Å². The van der Waals surface area contributed by atoms with Gasteiger partial charge in [-0.25, -0.2) is 9.97 Å². The lowest BCUT2D eigenvalue weighted by Crippen LogP contribution is -2.36. The highest BCUT2D eigenvalue weighted by atomic mass is 19.4. The average Bonchev–Trinajstić information content (AvgIpc) is 2.32. The van der Waals surface area contributed by atoms with Crippen molar-refractivity contribution in [3.8, 4) is 0 Å². The molecule has 0 aromatic carbocycles. The van der Waals surface area contributed by atoms with E-state index in [0.717, 1.165) is 10.5 Å². The number of anilines is 1. The summed E-state index contributed by atoms with van der Waals surface area (Å²) in [6, 6.07) is 0. The number of aromatic nitrogens is 2. The normalized spacial score (nSPS) is 12.6. The monoisotopic (exact) mass is 290 g/mol. The molecule has 0 aliphatic heterocycles. The van der Waals surface area contributed by atoms with Gasteiger partial charge < -0.3 is 10.2 Å². The molecule has 114 valence electrons. The van der Waals surface area contributed by atoms with Crippen LogP contribution >= 0.6 is 0 Å². The molecule has 1 aromatic rings. The third-order valence-corrected chi connectivity index (χ3v) is 2.55. The molecule has 0 fully saturated rings. The van der Waals surface area contributed by atoms with Crippen LogP contribution in [0.25, 0.3) is 0 Å². The lowest BCUT2D eigenvalue weighted by molar-refractivity contribution is -0.119. The van der Waals surface area contributed by atoms with Gasteiger partial charge in [-0.3, -0.25) is 0 Å². The van der Waals surface area contributed by atoms with E-state index >= 15 is 0 Å². The van der Waals surface area contributed by atoms with Crippen molar-refractivity contribution in [2.75, 3.05) is 18.0 Å². The Morgan fingerprint density at radius 3 is 2.10 bits per heavy atom. The number of rotatable bonds is 5. The molecule has 0 unspecified atom stereocenters. The molecule has 1 rings (SSSR count). The smallest absolute Gasteiger partial charge is 0.332 e. The number of nitrogens with zero attached hydrogens (tertiary/aromatic N) is 3. The quantitative estimate of drug-likeness (QED) is 0.905. The zero-order chi connectivity index (χ0) is 15.4. The molecule has 0 radical (unpaired) electrons. The predicted octanol–water partition coefficient (Wildman–Crippen LogP) is 2.75. The first kappa shape index (κ1) is 16.7. The summed E-state index contributed by atoms with van der Waals surface area (Å²) in [5.74, 6) is 0.101. The first-order chi connectivity index (χ1) is 9.11. The average molecular weight is 290 g/mol. The van der Waals surface area contributed by atoms with Crippen LogP contribution in [0.2, 0.25) is 0 Å². The Bertz CT molecular complexity index is 409. The minimum atomic E-state index is -4.26. The van der Waals surface area contributed by atoms with E-state index in [1.165, 1.54) is 0 Å². The molecule has 4 nitrogen and oxygen atoms in total. The van der Waals surface area contributed by atoms with Gasteiger partial charge in [0.2, 0.25) is 5.95 Å². The molecule has 0 spiro atoms. The van der Waals surface area contributed by atoms with Gasteiger partial charge in [0.05, 0.1) is 0 Å². The van der Waals surface area contributed by atoms with Crippen molar-refractivity contribution in [3.05, 3.63) is 18.0 Å². The molecule has 1 N–H and O–H groups in total. The summed E-state index contributed by atoms with van der Waals surface area (Å²) in [5.41, 5.74) is 0.802. The second-order valence-electron chi connectivity index (χ2n) is 5.62. The molecule has 0 bridgehead atoms. The van der Waals surface area contributed by atoms with E-state index in [-0.39, 0.29) is 18.0 Å². The van der Waals surface area contributed by atoms with Gasteiger partial charge in [-0.1, -0.05) is 0 Å². The Labute approximate surface area is 117 Å². The summed E-state index contributed by atoms with van der Waals surface area (Å²) < 4.78 is 37.2. The van der Waals surface area contributed by atoms with Crippen LogP contribution in [0.3, 0.4) is 0 Å². The maximum atomic E-state index is 12.4. The van der Waals surface area contributed by atoms with E-state index in [2.05, 4.69) is 15.3 Å². The topological polar surface area (TPSA) is 41.1 Å². The van der Waals surface area contributed by atoms with Crippen LogP contribution in [-0.2, 0) is 6.54 Å². The number of alkyl halides is 3. The van der Waals surface area contributed by atoms with Crippen molar-refractivity contribution >= 4 is 5.95 Å². The Kier molecular flexibility index (Phi) is 5.33. The summed E-state index contributed by atoms with van der Waals surface area (Å²) in [4.78, 5) is 9.12. The van der Waals surface area contributed by atoms with Gasteiger partial charge >= 0.3 is 6.18 Å². The number of hydrogen-bond acceptors (Lipinski definition) is 4. The Morgan fingerprint density at radius 1 is 1.15 bits per heavy atom. The van der Waals surface area contributed by atoms with Gasteiger partial charge in [0.1, 0.15) is 6.54 Å². The molecule has 0 aliphatic rings. The molecule has 0 amide bonds. The van der Waals surface area contributed by atoms with Crippen LogP contribution in [0, 0.1) is 0 Å². The Hall–Kier alpha value is -1.37.